The van der Waals surface area contributed by atoms with Crippen molar-refractivity contribution in [3.05, 3.63) is 53.3 Å². The fourth-order valence-electron chi connectivity index (χ4n) is 2.66. The molecule has 0 saturated heterocycles. The second-order valence-electron chi connectivity index (χ2n) is 5.04. The number of hydrogen-bond donors (Lipinski definition) is 1. The number of aliphatic hydroxyl groups is 1. The van der Waals surface area contributed by atoms with Crippen LogP contribution in [0.15, 0.2) is 36.5 Å². The van der Waals surface area contributed by atoms with Gasteiger partial charge in [-0.3, -0.25) is 4.68 Å². The zero-order valence-electron chi connectivity index (χ0n) is 10.6. The summed E-state index contributed by atoms with van der Waals surface area (Å²) >= 11 is 0. The molecule has 94 valence electrons. The molecule has 18 heavy (non-hydrogen) atoms. The Morgan fingerprint density at radius 1 is 1.28 bits per heavy atom. The Kier molecular flexibility index (Phi) is 2.92. The molecular weight excluding hydrogens is 224 g/mol. The summed E-state index contributed by atoms with van der Waals surface area (Å²) in [5.41, 5.74) is 3.19. The van der Waals surface area contributed by atoms with Crippen molar-refractivity contribution in [3.8, 4) is 0 Å². The van der Waals surface area contributed by atoms with Crippen molar-refractivity contribution in [2.75, 3.05) is 0 Å². The molecule has 1 unspecified atom stereocenters. The molecule has 2 aromatic rings. The molecule has 1 fully saturated rings. The van der Waals surface area contributed by atoms with Crippen LogP contribution in [-0.4, -0.2) is 14.9 Å². The standard InChI is InChI=1S/C15H18N2O/c1-17-14(9-10-16-17)15(18)13-8-3-2-7-12(13)11-5-4-6-11/h2-3,7-11,15,18H,4-6H2,1H3. The van der Waals surface area contributed by atoms with Gasteiger partial charge in [-0.2, -0.15) is 5.10 Å². The average Bonchev–Trinajstić information content (AvgIpc) is 2.73. The van der Waals surface area contributed by atoms with Crippen LogP contribution in [0.3, 0.4) is 0 Å². The number of aromatic nitrogens is 2. The Morgan fingerprint density at radius 3 is 2.67 bits per heavy atom. The highest BCUT2D eigenvalue weighted by Crippen LogP contribution is 2.40. The van der Waals surface area contributed by atoms with Gasteiger partial charge in [-0.05, 0) is 36.0 Å². The molecule has 0 radical (unpaired) electrons. The number of rotatable bonds is 3. The van der Waals surface area contributed by atoms with E-state index in [0.717, 1.165) is 11.3 Å². The molecule has 3 rings (SSSR count). The van der Waals surface area contributed by atoms with Gasteiger partial charge < -0.3 is 5.11 Å². The van der Waals surface area contributed by atoms with Crippen molar-refractivity contribution in [2.45, 2.75) is 31.3 Å². The summed E-state index contributed by atoms with van der Waals surface area (Å²) in [4.78, 5) is 0. The molecule has 0 aliphatic heterocycles. The van der Waals surface area contributed by atoms with E-state index in [1.165, 1.54) is 24.8 Å². The highest BCUT2D eigenvalue weighted by Gasteiger charge is 2.25. The lowest BCUT2D eigenvalue weighted by atomic mass is 9.77. The van der Waals surface area contributed by atoms with Crippen molar-refractivity contribution >= 4 is 0 Å². The molecule has 0 bridgehead atoms. The van der Waals surface area contributed by atoms with Crippen LogP contribution < -0.4 is 0 Å². The monoisotopic (exact) mass is 242 g/mol. The van der Waals surface area contributed by atoms with Crippen molar-refractivity contribution in [1.29, 1.82) is 0 Å². The second-order valence-corrected chi connectivity index (χ2v) is 5.04. The van der Waals surface area contributed by atoms with Crippen molar-refractivity contribution in [1.82, 2.24) is 9.78 Å². The van der Waals surface area contributed by atoms with Crippen LogP contribution in [-0.2, 0) is 7.05 Å². The first-order valence-electron chi connectivity index (χ1n) is 6.52. The summed E-state index contributed by atoms with van der Waals surface area (Å²) in [6.45, 7) is 0. The topological polar surface area (TPSA) is 38.0 Å². The predicted molar refractivity (Wildman–Crippen MR) is 70.3 cm³/mol. The smallest absolute Gasteiger partial charge is 0.121 e. The first kappa shape index (κ1) is 11.5. The minimum atomic E-state index is -0.575. The minimum absolute atomic E-state index is 0.575. The van der Waals surface area contributed by atoms with E-state index < -0.39 is 6.10 Å². The molecule has 1 aromatic carbocycles. The van der Waals surface area contributed by atoms with E-state index in [0.29, 0.717) is 5.92 Å². The minimum Gasteiger partial charge on any atom is -0.382 e. The Morgan fingerprint density at radius 2 is 2.06 bits per heavy atom. The van der Waals surface area contributed by atoms with Gasteiger partial charge in [-0.1, -0.05) is 30.7 Å². The van der Waals surface area contributed by atoms with Crippen LogP contribution >= 0.6 is 0 Å². The number of benzene rings is 1. The lowest BCUT2D eigenvalue weighted by Crippen LogP contribution is -2.15. The Balaban J connectivity index is 1.98. The van der Waals surface area contributed by atoms with E-state index in [9.17, 15) is 5.11 Å². The molecule has 3 nitrogen and oxygen atoms in total. The fourth-order valence-corrected chi connectivity index (χ4v) is 2.66. The van der Waals surface area contributed by atoms with Crippen LogP contribution in [0.5, 0.6) is 0 Å². The molecule has 1 atom stereocenters. The van der Waals surface area contributed by atoms with Gasteiger partial charge in [0.2, 0.25) is 0 Å². The van der Waals surface area contributed by atoms with Gasteiger partial charge in [0, 0.05) is 13.2 Å². The number of aryl methyl sites for hydroxylation is 1. The van der Waals surface area contributed by atoms with Gasteiger partial charge in [0.25, 0.3) is 0 Å². The highest BCUT2D eigenvalue weighted by atomic mass is 16.3. The summed E-state index contributed by atoms with van der Waals surface area (Å²) < 4.78 is 1.74. The molecule has 0 amide bonds. The number of aliphatic hydroxyl groups excluding tert-OH is 1. The zero-order valence-corrected chi connectivity index (χ0v) is 10.6. The average molecular weight is 242 g/mol. The van der Waals surface area contributed by atoms with Crippen LogP contribution in [0, 0.1) is 0 Å². The SMILES string of the molecule is Cn1nccc1C(O)c1ccccc1C1CCC1. The van der Waals surface area contributed by atoms with Gasteiger partial charge in [-0.15, -0.1) is 0 Å². The largest absolute Gasteiger partial charge is 0.382 e. The van der Waals surface area contributed by atoms with Gasteiger partial charge in [0.1, 0.15) is 6.10 Å². The van der Waals surface area contributed by atoms with Crippen molar-refractivity contribution < 1.29 is 5.11 Å². The number of nitrogens with zero attached hydrogens (tertiary/aromatic N) is 2. The third kappa shape index (κ3) is 1.85. The highest BCUT2D eigenvalue weighted by molar-refractivity contribution is 5.36. The summed E-state index contributed by atoms with van der Waals surface area (Å²) in [6, 6.07) is 10.1. The van der Waals surface area contributed by atoms with Crippen LogP contribution in [0.1, 0.15) is 48.1 Å². The predicted octanol–water partition coefficient (Wildman–Crippen LogP) is 2.77. The number of hydrogen-bond acceptors (Lipinski definition) is 2. The molecule has 1 N–H and O–H groups in total. The van der Waals surface area contributed by atoms with Gasteiger partial charge in [0.05, 0.1) is 5.69 Å². The maximum Gasteiger partial charge on any atom is 0.121 e. The zero-order chi connectivity index (χ0) is 12.5. The maximum atomic E-state index is 10.6. The first-order chi connectivity index (χ1) is 8.77. The summed E-state index contributed by atoms with van der Waals surface area (Å²) in [5.74, 6) is 0.629. The molecule has 0 spiro atoms. The van der Waals surface area contributed by atoms with E-state index in [4.69, 9.17) is 0 Å². The molecule has 1 heterocycles. The van der Waals surface area contributed by atoms with Crippen LogP contribution in [0.25, 0.3) is 0 Å². The lowest BCUT2D eigenvalue weighted by molar-refractivity contribution is 0.206. The maximum absolute atomic E-state index is 10.6. The van der Waals surface area contributed by atoms with E-state index in [2.05, 4.69) is 17.2 Å². The van der Waals surface area contributed by atoms with E-state index >= 15 is 0 Å². The second kappa shape index (κ2) is 4.58. The molecule has 1 aliphatic rings. The normalized spacial score (nSPS) is 17.4. The lowest BCUT2D eigenvalue weighted by Gasteiger charge is -2.29. The van der Waals surface area contributed by atoms with Crippen LogP contribution in [0.2, 0.25) is 0 Å². The van der Waals surface area contributed by atoms with E-state index in [1.807, 2.05) is 25.2 Å². The summed E-state index contributed by atoms with van der Waals surface area (Å²) in [5, 5.41) is 14.7. The van der Waals surface area contributed by atoms with Gasteiger partial charge in [0.15, 0.2) is 0 Å². The Labute approximate surface area is 107 Å². The molecule has 1 saturated carbocycles. The molecule has 3 heteroatoms. The first-order valence-corrected chi connectivity index (χ1v) is 6.52. The van der Waals surface area contributed by atoms with Crippen molar-refractivity contribution in [2.24, 2.45) is 7.05 Å². The third-order valence-corrected chi connectivity index (χ3v) is 3.97. The van der Waals surface area contributed by atoms with E-state index in [1.54, 1.807) is 10.9 Å². The van der Waals surface area contributed by atoms with Crippen LogP contribution in [0.4, 0.5) is 0 Å². The molecular formula is C15H18N2O. The fraction of sp³-hybridized carbons (Fsp3) is 0.400. The molecule has 1 aliphatic carbocycles. The van der Waals surface area contributed by atoms with Gasteiger partial charge in [-0.25, -0.2) is 0 Å². The quantitative estimate of drug-likeness (QED) is 0.898. The molecule has 1 aromatic heterocycles. The van der Waals surface area contributed by atoms with E-state index in [-0.39, 0.29) is 0 Å². The summed E-state index contributed by atoms with van der Waals surface area (Å²) in [6.07, 6.45) is 4.95. The Hall–Kier alpha value is -1.61. The third-order valence-electron chi connectivity index (χ3n) is 3.97. The summed E-state index contributed by atoms with van der Waals surface area (Å²) in [7, 11) is 1.87. The van der Waals surface area contributed by atoms with Crippen molar-refractivity contribution in [3.63, 3.8) is 0 Å². The Bertz CT molecular complexity index is 543. The van der Waals surface area contributed by atoms with Gasteiger partial charge >= 0.3 is 0 Å².